The fourth-order valence-electron chi connectivity index (χ4n) is 0.275. The van der Waals surface area contributed by atoms with Crippen LogP contribution in [0.5, 0.6) is 0 Å². The van der Waals surface area contributed by atoms with E-state index in [4.69, 9.17) is 0 Å². The third-order valence-corrected chi connectivity index (χ3v) is 14.2. The Bertz CT molecular complexity index is 242. The molecule has 9 heavy (non-hydrogen) atoms. The van der Waals surface area contributed by atoms with Gasteiger partial charge in [-0.3, -0.25) is 0 Å². The molecule has 0 amide bonds. The Balaban J connectivity index is 4.46. The second kappa shape index (κ2) is 2.60. The van der Waals surface area contributed by atoms with Crippen LogP contribution in [0.1, 0.15) is 0 Å². The number of hydrogen-bond acceptors (Lipinski definition) is 4. The second-order valence-corrected chi connectivity index (χ2v) is 17.9. The Kier molecular flexibility index (Phi) is 2.73. The van der Waals surface area contributed by atoms with Gasteiger partial charge in [0.1, 0.15) is 0 Å². The molecule has 0 saturated heterocycles. The predicted octanol–water partition coefficient (Wildman–Crippen LogP) is -1.66. The Morgan fingerprint density at radius 2 is 1.11 bits per heavy atom. The van der Waals surface area contributed by atoms with E-state index in [0.29, 0.717) is 0 Å². The van der Waals surface area contributed by atoms with Crippen molar-refractivity contribution in [2.75, 3.05) is 12.5 Å². The van der Waals surface area contributed by atoms with E-state index < -0.39 is 29.6 Å². The first-order valence-electron chi connectivity index (χ1n) is 1.89. The standard InChI is InChI=1S/C2H7AsO4S2/c1-8(4,5)3-9(2,6)7/h3H,1-2H3. The quantitative estimate of drug-likeness (QED) is 0.536. The first-order chi connectivity index (χ1) is 3.71. The van der Waals surface area contributed by atoms with Crippen LogP contribution in [-0.2, 0) is 16.2 Å². The summed E-state index contributed by atoms with van der Waals surface area (Å²) in [5, 5.41) is 0. The van der Waals surface area contributed by atoms with Crippen LogP contribution in [-0.4, -0.2) is 42.8 Å². The third-order valence-electron chi connectivity index (χ3n) is 0.303. The average molecular weight is 234 g/mol. The van der Waals surface area contributed by atoms with E-state index in [1.807, 2.05) is 0 Å². The van der Waals surface area contributed by atoms with Gasteiger partial charge in [0, 0.05) is 0 Å². The molecule has 0 bridgehead atoms. The van der Waals surface area contributed by atoms with Gasteiger partial charge in [0.15, 0.2) is 0 Å². The zero-order chi connectivity index (χ0) is 7.71. The molecule has 7 heteroatoms. The van der Waals surface area contributed by atoms with E-state index in [-0.39, 0.29) is 0 Å². The molecule has 0 unspecified atom stereocenters. The van der Waals surface area contributed by atoms with Crippen molar-refractivity contribution in [1.82, 2.24) is 0 Å². The van der Waals surface area contributed by atoms with Crippen molar-refractivity contribution >= 4 is 29.6 Å². The van der Waals surface area contributed by atoms with Crippen LogP contribution < -0.4 is 0 Å². The zero-order valence-electron chi connectivity index (χ0n) is 4.95. The molecule has 0 aliphatic rings. The van der Waals surface area contributed by atoms with Crippen LogP contribution in [0.25, 0.3) is 0 Å². The van der Waals surface area contributed by atoms with Crippen LogP contribution in [0.15, 0.2) is 0 Å². The van der Waals surface area contributed by atoms with Gasteiger partial charge < -0.3 is 0 Å². The van der Waals surface area contributed by atoms with E-state index in [9.17, 15) is 16.8 Å². The second-order valence-electron chi connectivity index (χ2n) is 1.63. The van der Waals surface area contributed by atoms with Crippen molar-refractivity contribution in [3.63, 3.8) is 0 Å². The van der Waals surface area contributed by atoms with E-state index in [1.165, 1.54) is 0 Å². The van der Waals surface area contributed by atoms with Crippen molar-refractivity contribution in [3.8, 4) is 0 Å². The van der Waals surface area contributed by atoms with Gasteiger partial charge in [0.05, 0.1) is 0 Å². The normalized spacial score (nSPS) is 13.6. The molecule has 0 aromatic rings. The first-order valence-corrected chi connectivity index (χ1v) is 10.8. The molecule has 56 valence electrons. The SMILES string of the molecule is CS(=O)(=O)[AsH]S(C)(=O)=O. The molecule has 0 saturated carbocycles. The zero-order valence-corrected chi connectivity index (χ0v) is 8.68. The summed E-state index contributed by atoms with van der Waals surface area (Å²) < 4.78 is 41.3. The molecule has 0 atom stereocenters. The van der Waals surface area contributed by atoms with Crippen LogP contribution >= 0.6 is 0 Å². The maximum atomic E-state index is 10.3. The molecular weight excluding hydrogens is 227 g/mol. The van der Waals surface area contributed by atoms with Gasteiger partial charge in [0.25, 0.3) is 0 Å². The summed E-state index contributed by atoms with van der Waals surface area (Å²) in [6, 6.07) is 0. The summed E-state index contributed by atoms with van der Waals surface area (Å²) in [4.78, 5) is 0. The molecule has 0 rings (SSSR count). The molecule has 0 aliphatic heterocycles. The molecule has 0 aromatic heterocycles. The van der Waals surface area contributed by atoms with Gasteiger partial charge in [-0.15, -0.1) is 0 Å². The molecule has 0 heterocycles. The van der Waals surface area contributed by atoms with Crippen molar-refractivity contribution in [2.24, 2.45) is 0 Å². The Labute approximate surface area is 59.1 Å². The fraction of sp³-hybridized carbons (Fsp3) is 1.00. The molecule has 0 aliphatic carbocycles. The van der Waals surface area contributed by atoms with Crippen LogP contribution in [0.3, 0.4) is 0 Å². The Hall–Kier alpha value is 0.458. The van der Waals surface area contributed by atoms with Gasteiger partial charge in [0.2, 0.25) is 0 Å². The molecule has 0 spiro atoms. The van der Waals surface area contributed by atoms with Crippen molar-refractivity contribution in [1.29, 1.82) is 0 Å². The average Bonchev–Trinajstić information content (AvgIpc) is 1.14. The minimum absolute atomic E-state index is 0.939. The molecule has 0 aromatic carbocycles. The van der Waals surface area contributed by atoms with Gasteiger partial charge in [-0.1, -0.05) is 0 Å². The Morgan fingerprint density at radius 3 is 1.11 bits per heavy atom. The van der Waals surface area contributed by atoms with Gasteiger partial charge in [-0.05, 0) is 0 Å². The molecule has 4 nitrogen and oxygen atoms in total. The maximum absolute atomic E-state index is 10.3. The summed E-state index contributed by atoms with van der Waals surface area (Å²) in [5.74, 6) is 0. The molecule has 0 N–H and O–H groups in total. The topological polar surface area (TPSA) is 68.3 Å². The summed E-state index contributed by atoms with van der Waals surface area (Å²) in [7, 11) is -6.49. The Morgan fingerprint density at radius 1 is 0.889 bits per heavy atom. The van der Waals surface area contributed by atoms with Gasteiger partial charge in [-0.2, -0.15) is 0 Å². The van der Waals surface area contributed by atoms with E-state index >= 15 is 0 Å². The monoisotopic (exact) mass is 234 g/mol. The summed E-state index contributed by atoms with van der Waals surface area (Å²) in [6.45, 7) is 0. The summed E-state index contributed by atoms with van der Waals surface area (Å²) in [6.07, 6.45) is 1.88. The number of rotatable bonds is 2. The third kappa shape index (κ3) is 8.46. The summed E-state index contributed by atoms with van der Waals surface area (Å²) in [5.41, 5.74) is 0. The molecule has 0 fully saturated rings. The van der Waals surface area contributed by atoms with E-state index in [0.717, 1.165) is 12.5 Å². The van der Waals surface area contributed by atoms with Crippen molar-refractivity contribution in [2.45, 2.75) is 0 Å². The van der Waals surface area contributed by atoms with Gasteiger partial charge in [-0.25, -0.2) is 0 Å². The number of hydrogen-bond donors (Lipinski definition) is 0. The first kappa shape index (κ1) is 9.46. The van der Waals surface area contributed by atoms with Crippen molar-refractivity contribution < 1.29 is 16.8 Å². The van der Waals surface area contributed by atoms with Crippen LogP contribution in [0, 0.1) is 0 Å². The molecule has 0 radical (unpaired) electrons. The predicted molar refractivity (Wildman–Crippen MR) is 36.8 cm³/mol. The molecular formula is C2H7AsO4S2. The van der Waals surface area contributed by atoms with E-state index in [1.54, 1.807) is 0 Å². The van der Waals surface area contributed by atoms with E-state index in [2.05, 4.69) is 0 Å². The van der Waals surface area contributed by atoms with Gasteiger partial charge >= 0.3 is 59.0 Å². The van der Waals surface area contributed by atoms with Crippen LogP contribution in [0.4, 0.5) is 0 Å². The minimum atomic E-state index is -3.24. The fourth-order valence-corrected chi connectivity index (χ4v) is 12.9. The van der Waals surface area contributed by atoms with Crippen molar-refractivity contribution in [3.05, 3.63) is 0 Å². The van der Waals surface area contributed by atoms with Crippen LogP contribution in [0.2, 0.25) is 0 Å². The summed E-state index contributed by atoms with van der Waals surface area (Å²) >= 11 is -1.85.